The molecule has 0 saturated heterocycles. The second-order valence-corrected chi connectivity index (χ2v) is 5.99. The molecule has 0 spiro atoms. The molecule has 0 amide bonds. The molecule has 0 unspecified atom stereocenters. The molecule has 0 saturated carbocycles. The Balaban J connectivity index is 2.19. The number of rotatable bonds is 5. The highest BCUT2D eigenvalue weighted by Crippen LogP contribution is 2.28. The molecule has 0 aromatic carbocycles. The molecule has 2 aromatic rings. The summed E-state index contributed by atoms with van der Waals surface area (Å²) in [7, 11) is 0. The van der Waals surface area contributed by atoms with E-state index in [1.807, 2.05) is 11.4 Å². The van der Waals surface area contributed by atoms with Gasteiger partial charge >= 0.3 is 6.18 Å². The number of thiophene rings is 1. The SMILES string of the molecule is CCNc1cc(NCc2cc(Br)cs2)nc(C(F)(F)F)n1. The summed E-state index contributed by atoms with van der Waals surface area (Å²) in [6, 6.07) is 3.36. The first-order valence-electron chi connectivity index (χ1n) is 6.05. The van der Waals surface area contributed by atoms with Gasteiger partial charge < -0.3 is 10.6 Å². The van der Waals surface area contributed by atoms with Gasteiger partial charge in [-0.2, -0.15) is 13.2 Å². The van der Waals surface area contributed by atoms with Crippen molar-refractivity contribution in [1.29, 1.82) is 0 Å². The van der Waals surface area contributed by atoms with Crippen molar-refractivity contribution in [2.75, 3.05) is 17.2 Å². The average molecular weight is 381 g/mol. The third kappa shape index (κ3) is 4.57. The third-order valence-corrected chi connectivity index (χ3v) is 4.10. The highest BCUT2D eigenvalue weighted by molar-refractivity contribution is 9.10. The minimum absolute atomic E-state index is 0.137. The Morgan fingerprint density at radius 2 is 1.86 bits per heavy atom. The minimum Gasteiger partial charge on any atom is -0.370 e. The largest absolute Gasteiger partial charge is 0.451 e. The van der Waals surface area contributed by atoms with Crippen molar-refractivity contribution in [3.63, 3.8) is 0 Å². The number of nitrogens with one attached hydrogen (secondary N) is 2. The number of hydrogen-bond acceptors (Lipinski definition) is 5. The smallest absolute Gasteiger partial charge is 0.370 e. The summed E-state index contributed by atoms with van der Waals surface area (Å²) in [6.07, 6.45) is -4.58. The molecule has 0 atom stereocenters. The minimum atomic E-state index is -4.58. The van der Waals surface area contributed by atoms with Crippen LogP contribution in [0.1, 0.15) is 17.6 Å². The molecular formula is C12H12BrF3N4S. The summed E-state index contributed by atoms with van der Waals surface area (Å²) in [5.74, 6) is -0.872. The van der Waals surface area contributed by atoms with E-state index in [1.54, 1.807) is 6.92 Å². The molecule has 21 heavy (non-hydrogen) atoms. The molecule has 0 aliphatic carbocycles. The molecule has 0 bridgehead atoms. The zero-order chi connectivity index (χ0) is 15.5. The Hall–Kier alpha value is -1.35. The van der Waals surface area contributed by atoms with Gasteiger partial charge in [-0.1, -0.05) is 0 Å². The molecule has 2 N–H and O–H groups in total. The lowest BCUT2D eigenvalue weighted by Gasteiger charge is -2.11. The molecule has 0 aliphatic heterocycles. The lowest BCUT2D eigenvalue weighted by Crippen LogP contribution is -2.15. The number of anilines is 2. The topological polar surface area (TPSA) is 49.8 Å². The normalized spacial score (nSPS) is 11.5. The summed E-state index contributed by atoms with van der Waals surface area (Å²) in [5, 5.41) is 7.56. The van der Waals surface area contributed by atoms with Crippen LogP contribution in [0.3, 0.4) is 0 Å². The fourth-order valence-corrected chi connectivity index (χ4v) is 2.95. The predicted molar refractivity (Wildman–Crippen MR) is 80.5 cm³/mol. The molecule has 9 heteroatoms. The van der Waals surface area contributed by atoms with Gasteiger partial charge in [-0.3, -0.25) is 0 Å². The van der Waals surface area contributed by atoms with E-state index < -0.39 is 12.0 Å². The molecule has 0 radical (unpaired) electrons. The number of halogens is 4. The lowest BCUT2D eigenvalue weighted by molar-refractivity contribution is -0.144. The summed E-state index contributed by atoms with van der Waals surface area (Å²) < 4.78 is 39.3. The maximum absolute atomic E-state index is 12.8. The molecular weight excluding hydrogens is 369 g/mol. The van der Waals surface area contributed by atoms with E-state index in [1.165, 1.54) is 17.4 Å². The second kappa shape index (κ2) is 6.61. The van der Waals surface area contributed by atoms with Crippen molar-refractivity contribution in [3.05, 3.63) is 32.7 Å². The van der Waals surface area contributed by atoms with Crippen LogP contribution in [0.2, 0.25) is 0 Å². The molecule has 2 aromatic heterocycles. The lowest BCUT2D eigenvalue weighted by atomic mass is 10.4. The number of nitrogens with zero attached hydrogens (tertiary/aromatic N) is 2. The van der Waals surface area contributed by atoms with Gasteiger partial charge in [0, 0.05) is 27.3 Å². The first-order valence-corrected chi connectivity index (χ1v) is 7.72. The Morgan fingerprint density at radius 1 is 1.19 bits per heavy atom. The van der Waals surface area contributed by atoms with Crippen molar-refractivity contribution in [2.45, 2.75) is 19.6 Å². The number of alkyl halides is 3. The molecule has 2 heterocycles. The molecule has 2 rings (SSSR count). The highest BCUT2D eigenvalue weighted by atomic mass is 79.9. The van der Waals surface area contributed by atoms with Crippen LogP contribution in [0.15, 0.2) is 22.0 Å². The van der Waals surface area contributed by atoms with Crippen LogP contribution in [0.4, 0.5) is 24.8 Å². The van der Waals surface area contributed by atoms with E-state index in [4.69, 9.17) is 0 Å². The van der Waals surface area contributed by atoms with Crippen molar-refractivity contribution in [1.82, 2.24) is 9.97 Å². The van der Waals surface area contributed by atoms with Gasteiger partial charge in [0.05, 0.1) is 6.54 Å². The molecule has 4 nitrogen and oxygen atoms in total. The molecule has 0 fully saturated rings. The van der Waals surface area contributed by atoms with Gasteiger partial charge in [0.2, 0.25) is 5.82 Å². The molecule has 114 valence electrons. The van der Waals surface area contributed by atoms with E-state index >= 15 is 0 Å². The highest BCUT2D eigenvalue weighted by Gasteiger charge is 2.35. The van der Waals surface area contributed by atoms with Crippen molar-refractivity contribution in [3.8, 4) is 0 Å². The number of aromatic nitrogens is 2. The fraction of sp³-hybridized carbons (Fsp3) is 0.333. The van der Waals surface area contributed by atoms with Crippen molar-refractivity contribution >= 4 is 38.9 Å². The van der Waals surface area contributed by atoms with Crippen LogP contribution >= 0.6 is 27.3 Å². The molecule has 0 aliphatic rings. The Labute approximate surface area is 131 Å². The summed E-state index contributed by atoms with van der Waals surface area (Å²) >= 11 is 4.83. The third-order valence-electron chi connectivity index (χ3n) is 2.40. The van der Waals surface area contributed by atoms with E-state index in [2.05, 4.69) is 36.5 Å². The standard InChI is InChI=1S/C12H12BrF3N4S/c1-2-17-9-4-10(20-11(19-9)12(14,15)16)18-5-8-3-7(13)6-21-8/h3-4,6H,2,5H2,1H3,(H2,17,18,19,20). The fourth-order valence-electron chi connectivity index (χ4n) is 1.56. The van der Waals surface area contributed by atoms with E-state index in [0.29, 0.717) is 13.1 Å². The van der Waals surface area contributed by atoms with E-state index in [-0.39, 0.29) is 11.6 Å². The van der Waals surface area contributed by atoms with Crippen LogP contribution in [0, 0.1) is 0 Å². The monoisotopic (exact) mass is 380 g/mol. The van der Waals surface area contributed by atoms with Crippen LogP contribution in [0.25, 0.3) is 0 Å². The van der Waals surface area contributed by atoms with Crippen LogP contribution in [-0.2, 0) is 12.7 Å². The van der Waals surface area contributed by atoms with Crippen molar-refractivity contribution in [2.24, 2.45) is 0 Å². The zero-order valence-electron chi connectivity index (χ0n) is 11.0. The summed E-state index contributed by atoms with van der Waals surface area (Å²) in [5.41, 5.74) is 0. The Kier molecular flexibility index (Phi) is 5.04. The second-order valence-electron chi connectivity index (χ2n) is 4.07. The predicted octanol–water partition coefficient (Wildman–Crippen LogP) is 4.36. The first-order chi connectivity index (χ1) is 9.88. The number of hydrogen-bond donors (Lipinski definition) is 2. The first kappa shape index (κ1) is 16.0. The Morgan fingerprint density at radius 3 is 2.38 bits per heavy atom. The van der Waals surface area contributed by atoms with E-state index in [9.17, 15) is 13.2 Å². The zero-order valence-corrected chi connectivity index (χ0v) is 13.4. The van der Waals surface area contributed by atoms with Gasteiger partial charge in [-0.25, -0.2) is 9.97 Å². The maximum atomic E-state index is 12.8. The van der Waals surface area contributed by atoms with Crippen LogP contribution in [0.5, 0.6) is 0 Å². The quantitative estimate of drug-likeness (QED) is 0.808. The average Bonchev–Trinajstić information content (AvgIpc) is 2.81. The van der Waals surface area contributed by atoms with Gasteiger partial charge in [0.1, 0.15) is 11.6 Å². The van der Waals surface area contributed by atoms with Gasteiger partial charge in [0.25, 0.3) is 0 Å². The Bertz CT molecular complexity index is 615. The van der Waals surface area contributed by atoms with Crippen molar-refractivity contribution < 1.29 is 13.2 Å². The maximum Gasteiger partial charge on any atom is 0.451 e. The van der Waals surface area contributed by atoms with Crippen LogP contribution in [-0.4, -0.2) is 16.5 Å². The van der Waals surface area contributed by atoms with Crippen LogP contribution < -0.4 is 10.6 Å². The summed E-state index contributed by atoms with van der Waals surface area (Å²) in [6.45, 7) is 2.66. The van der Waals surface area contributed by atoms with Gasteiger partial charge in [0.15, 0.2) is 0 Å². The van der Waals surface area contributed by atoms with Gasteiger partial charge in [-0.15, -0.1) is 11.3 Å². The summed E-state index contributed by atoms with van der Waals surface area (Å²) in [4.78, 5) is 7.96. The van der Waals surface area contributed by atoms with E-state index in [0.717, 1.165) is 9.35 Å². The van der Waals surface area contributed by atoms with Gasteiger partial charge in [-0.05, 0) is 28.9 Å².